The van der Waals surface area contributed by atoms with Gasteiger partial charge in [0.05, 0.1) is 4.90 Å². The first-order valence-corrected chi connectivity index (χ1v) is 12.7. The van der Waals surface area contributed by atoms with E-state index < -0.39 is 15.6 Å². The Hall–Kier alpha value is -1.93. The molecule has 6 nitrogen and oxygen atoms in total. The van der Waals surface area contributed by atoms with E-state index in [0.29, 0.717) is 18.7 Å². The second-order valence-electron chi connectivity index (χ2n) is 9.38. The summed E-state index contributed by atoms with van der Waals surface area (Å²) < 4.78 is 28.2. The van der Waals surface area contributed by atoms with Crippen LogP contribution in [-0.2, 0) is 16.6 Å². The lowest BCUT2D eigenvalue weighted by Gasteiger charge is -2.24. The molecule has 0 aliphatic carbocycles. The van der Waals surface area contributed by atoms with Crippen LogP contribution in [-0.4, -0.2) is 55.8 Å². The van der Waals surface area contributed by atoms with Gasteiger partial charge in [0.15, 0.2) is 0 Å². The van der Waals surface area contributed by atoms with Crippen molar-refractivity contribution in [2.75, 3.05) is 26.2 Å². The Bertz CT molecular complexity index is 1060. The molecule has 1 aliphatic rings. The van der Waals surface area contributed by atoms with E-state index in [1.54, 1.807) is 32.9 Å². The molecule has 32 heavy (non-hydrogen) atoms. The van der Waals surface area contributed by atoms with E-state index in [2.05, 4.69) is 9.62 Å². The van der Waals surface area contributed by atoms with E-state index in [-0.39, 0.29) is 10.8 Å². The van der Waals surface area contributed by atoms with Crippen LogP contribution < -0.4 is 4.72 Å². The maximum atomic E-state index is 13.3. The van der Waals surface area contributed by atoms with Gasteiger partial charge >= 0.3 is 0 Å². The second kappa shape index (κ2) is 9.91. The van der Waals surface area contributed by atoms with Gasteiger partial charge in [0, 0.05) is 48.8 Å². The largest absolute Gasteiger partial charge is 0.337 e. The van der Waals surface area contributed by atoms with Crippen molar-refractivity contribution in [2.24, 2.45) is 0 Å². The summed E-state index contributed by atoms with van der Waals surface area (Å²) in [5, 5.41) is 0.721. The third-order valence-corrected chi connectivity index (χ3v) is 7.39. The molecule has 0 radical (unpaired) electrons. The fourth-order valence-corrected chi connectivity index (χ4v) is 5.38. The number of benzene rings is 2. The summed E-state index contributed by atoms with van der Waals surface area (Å²) in [4.78, 5) is 17.6. The van der Waals surface area contributed by atoms with Gasteiger partial charge in [-0.1, -0.05) is 29.8 Å². The number of hydrogen-bond donors (Lipinski definition) is 1. The topological polar surface area (TPSA) is 69.7 Å². The number of nitrogens with one attached hydrogen (secondary N) is 1. The van der Waals surface area contributed by atoms with Gasteiger partial charge in [-0.2, -0.15) is 0 Å². The summed E-state index contributed by atoms with van der Waals surface area (Å²) >= 11 is 5.98. The molecule has 0 bridgehead atoms. The number of aryl methyl sites for hydroxylation is 1. The highest BCUT2D eigenvalue weighted by Gasteiger charge is 2.26. The minimum atomic E-state index is -3.71. The maximum absolute atomic E-state index is 13.3. The Morgan fingerprint density at radius 2 is 1.72 bits per heavy atom. The molecule has 174 valence electrons. The van der Waals surface area contributed by atoms with Crippen LogP contribution in [0, 0.1) is 6.92 Å². The van der Waals surface area contributed by atoms with Crippen molar-refractivity contribution in [1.82, 2.24) is 14.5 Å². The van der Waals surface area contributed by atoms with Crippen molar-refractivity contribution in [3.8, 4) is 0 Å². The van der Waals surface area contributed by atoms with Crippen LogP contribution in [0.1, 0.15) is 48.7 Å². The number of nitrogens with zero attached hydrogens (tertiary/aromatic N) is 2. The lowest BCUT2D eigenvalue weighted by Crippen LogP contribution is -2.40. The Morgan fingerprint density at radius 3 is 2.38 bits per heavy atom. The van der Waals surface area contributed by atoms with Crippen molar-refractivity contribution in [2.45, 2.75) is 51.1 Å². The molecular formula is C24H32ClN3O3S. The molecular weight excluding hydrogens is 446 g/mol. The number of halogens is 1. The normalized spacial score (nSPS) is 16.1. The molecule has 8 heteroatoms. The zero-order valence-corrected chi connectivity index (χ0v) is 20.8. The van der Waals surface area contributed by atoms with Crippen LogP contribution in [0.3, 0.4) is 0 Å². The zero-order valence-electron chi connectivity index (χ0n) is 19.2. The minimum Gasteiger partial charge on any atom is -0.337 e. The standard InChI is InChI=1S/C24H32ClN3O3S/c1-18-6-11-21(32(30,31)26-24(2,3)4)16-22(18)23(29)28-13-5-12-27(14-15-28)17-19-7-9-20(25)10-8-19/h6-11,16,26H,5,12-15,17H2,1-4H3. The van der Waals surface area contributed by atoms with Crippen molar-refractivity contribution in [3.63, 3.8) is 0 Å². The maximum Gasteiger partial charge on any atom is 0.254 e. The molecule has 2 aromatic rings. The zero-order chi connectivity index (χ0) is 23.5. The van der Waals surface area contributed by atoms with Crippen molar-refractivity contribution in [1.29, 1.82) is 0 Å². The summed E-state index contributed by atoms with van der Waals surface area (Å²) in [6.45, 7) is 10.9. The molecule has 0 aromatic heterocycles. The molecule has 1 aliphatic heterocycles. The molecule has 1 N–H and O–H groups in total. The summed E-state index contributed by atoms with van der Waals surface area (Å²) in [5.74, 6) is -0.122. The van der Waals surface area contributed by atoms with E-state index >= 15 is 0 Å². The summed E-state index contributed by atoms with van der Waals surface area (Å²) in [7, 11) is -3.71. The van der Waals surface area contributed by atoms with Gasteiger partial charge in [0.2, 0.25) is 10.0 Å². The fourth-order valence-electron chi connectivity index (χ4n) is 3.81. The third-order valence-electron chi connectivity index (χ3n) is 5.39. The predicted molar refractivity (Wildman–Crippen MR) is 129 cm³/mol. The van der Waals surface area contributed by atoms with Crippen LogP contribution in [0.15, 0.2) is 47.4 Å². The Kier molecular flexibility index (Phi) is 7.65. The Balaban J connectivity index is 1.72. The highest BCUT2D eigenvalue weighted by atomic mass is 35.5. The first kappa shape index (κ1) is 24.7. The fraction of sp³-hybridized carbons (Fsp3) is 0.458. The predicted octanol–water partition coefficient (Wildman–Crippen LogP) is 4.07. The number of amides is 1. The first-order chi connectivity index (χ1) is 14.9. The average molecular weight is 478 g/mol. The van der Waals surface area contributed by atoms with Crippen molar-refractivity contribution >= 4 is 27.5 Å². The van der Waals surface area contributed by atoms with Gasteiger partial charge in [0.25, 0.3) is 5.91 Å². The van der Waals surface area contributed by atoms with Crippen LogP contribution in [0.4, 0.5) is 0 Å². The van der Waals surface area contributed by atoms with Crippen LogP contribution in [0.2, 0.25) is 5.02 Å². The molecule has 1 saturated heterocycles. The SMILES string of the molecule is Cc1ccc(S(=O)(=O)NC(C)(C)C)cc1C(=O)N1CCCN(Cc2ccc(Cl)cc2)CC1. The van der Waals surface area contributed by atoms with Crippen LogP contribution >= 0.6 is 11.6 Å². The lowest BCUT2D eigenvalue weighted by molar-refractivity contribution is 0.0760. The van der Waals surface area contributed by atoms with Gasteiger partial charge in [-0.25, -0.2) is 13.1 Å². The molecule has 0 spiro atoms. The number of hydrogen-bond acceptors (Lipinski definition) is 4. The molecule has 0 saturated carbocycles. The molecule has 1 heterocycles. The van der Waals surface area contributed by atoms with Gasteiger partial charge in [-0.15, -0.1) is 0 Å². The number of sulfonamides is 1. The van der Waals surface area contributed by atoms with Gasteiger partial charge in [-0.05, 0) is 69.5 Å². The van der Waals surface area contributed by atoms with Gasteiger partial charge < -0.3 is 4.90 Å². The van der Waals surface area contributed by atoms with E-state index in [1.807, 2.05) is 36.1 Å². The van der Waals surface area contributed by atoms with Crippen molar-refractivity contribution < 1.29 is 13.2 Å². The highest BCUT2D eigenvalue weighted by molar-refractivity contribution is 7.89. The number of carbonyl (C=O) groups excluding carboxylic acids is 1. The van der Waals surface area contributed by atoms with Crippen molar-refractivity contribution in [3.05, 3.63) is 64.2 Å². The molecule has 3 rings (SSSR count). The van der Waals surface area contributed by atoms with E-state index in [1.165, 1.54) is 11.6 Å². The molecule has 0 atom stereocenters. The monoisotopic (exact) mass is 477 g/mol. The van der Waals surface area contributed by atoms with E-state index in [4.69, 9.17) is 11.6 Å². The quantitative estimate of drug-likeness (QED) is 0.704. The van der Waals surface area contributed by atoms with E-state index in [9.17, 15) is 13.2 Å². The molecule has 1 amide bonds. The number of rotatable bonds is 5. The minimum absolute atomic E-state index is 0.112. The Labute approximate surface area is 196 Å². The molecule has 2 aromatic carbocycles. The van der Waals surface area contributed by atoms with Gasteiger partial charge in [-0.3, -0.25) is 9.69 Å². The average Bonchev–Trinajstić information content (AvgIpc) is 2.93. The molecule has 1 fully saturated rings. The van der Waals surface area contributed by atoms with Crippen LogP contribution in [0.25, 0.3) is 0 Å². The van der Waals surface area contributed by atoms with Crippen LogP contribution in [0.5, 0.6) is 0 Å². The molecule has 0 unspecified atom stereocenters. The second-order valence-corrected chi connectivity index (χ2v) is 11.5. The summed E-state index contributed by atoms with van der Waals surface area (Å²) in [6, 6.07) is 12.6. The summed E-state index contributed by atoms with van der Waals surface area (Å²) in [5.41, 5.74) is 1.79. The third kappa shape index (κ3) is 6.54. The lowest BCUT2D eigenvalue weighted by atomic mass is 10.1. The Morgan fingerprint density at radius 1 is 1.03 bits per heavy atom. The van der Waals surface area contributed by atoms with Gasteiger partial charge in [0.1, 0.15) is 0 Å². The smallest absolute Gasteiger partial charge is 0.254 e. The van der Waals surface area contributed by atoms with E-state index in [0.717, 1.165) is 36.6 Å². The highest BCUT2D eigenvalue weighted by Crippen LogP contribution is 2.20. The number of carbonyl (C=O) groups is 1. The first-order valence-electron chi connectivity index (χ1n) is 10.9. The summed E-state index contributed by atoms with van der Waals surface area (Å²) in [6.07, 6.45) is 0.863.